The summed E-state index contributed by atoms with van der Waals surface area (Å²) in [5.74, 6) is -2.33. The Hall–Kier alpha value is -1.33. The van der Waals surface area contributed by atoms with Crippen LogP contribution in [0.3, 0.4) is 0 Å². The molecule has 2 fully saturated rings. The van der Waals surface area contributed by atoms with E-state index in [0.29, 0.717) is 19.8 Å². The van der Waals surface area contributed by atoms with E-state index in [1.807, 2.05) is 0 Å². The predicted octanol–water partition coefficient (Wildman–Crippen LogP) is 0.598. The molecule has 0 radical (unpaired) electrons. The van der Waals surface area contributed by atoms with Gasteiger partial charge in [-0.2, -0.15) is 4.31 Å². The molecule has 1 aromatic rings. The minimum absolute atomic E-state index is 0. The van der Waals surface area contributed by atoms with E-state index in [9.17, 15) is 22.0 Å². The van der Waals surface area contributed by atoms with Crippen molar-refractivity contribution in [2.75, 3.05) is 45.9 Å². The topological polar surface area (TPSA) is 79.0 Å². The van der Waals surface area contributed by atoms with Gasteiger partial charge in [0, 0.05) is 45.2 Å². The SMILES string of the molecule is Cl.O=C(CC1COCCN1)N1CCN(S(=O)(=O)c2c(F)cccc2F)CC1. The van der Waals surface area contributed by atoms with Gasteiger partial charge in [0.05, 0.1) is 13.2 Å². The number of piperazine rings is 1. The average molecular weight is 426 g/mol. The zero-order valence-electron chi connectivity index (χ0n) is 14.6. The molecular weight excluding hydrogens is 404 g/mol. The van der Waals surface area contributed by atoms with Crippen LogP contribution in [0.4, 0.5) is 8.78 Å². The number of amides is 1. The third-order valence-electron chi connectivity index (χ3n) is 4.53. The maximum Gasteiger partial charge on any atom is 0.249 e. The van der Waals surface area contributed by atoms with Gasteiger partial charge in [0.15, 0.2) is 4.90 Å². The lowest BCUT2D eigenvalue weighted by atomic mass is 10.1. The van der Waals surface area contributed by atoms with Gasteiger partial charge in [-0.05, 0) is 12.1 Å². The number of morpholine rings is 1. The fourth-order valence-corrected chi connectivity index (χ4v) is 4.66. The molecule has 2 aliphatic heterocycles. The van der Waals surface area contributed by atoms with E-state index in [1.165, 1.54) is 0 Å². The van der Waals surface area contributed by atoms with Gasteiger partial charge in [0.25, 0.3) is 0 Å². The summed E-state index contributed by atoms with van der Waals surface area (Å²) in [4.78, 5) is 13.0. The third kappa shape index (κ3) is 4.94. The Morgan fingerprint density at radius 2 is 1.81 bits per heavy atom. The average Bonchev–Trinajstić information content (AvgIpc) is 2.62. The maximum atomic E-state index is 13.8. The van der Waals surface area contributed by atoms with E-state index >= 15 is 0 Å². The van der Waals surface area contributed by atoms with Crippen LogP contribution in [0.2, 0.25) is 0 Å². The van der Waals surface area contributed by atoms with Crippen molar-refractivity contribution in [1.82, 2.24) is 14.5 Å². The molecule has 0 saturated carbocycles. The Labute approximate surface area is 163 Å². The van der Waals surface area contributed by atoms with Gasteiger partial charge in [0.1, 0.15) is 11.6 Å². The summed E-state index contributed by atoms with van der Waals surface area (Å²) in [6.45, 7) is 2.13. The first-order valence-corrected chi connectivity index (χ1v) is 9.86. The molecule has 11 heteroatoms. The van der Waals surface area contributed by atoms with Crippen molar-refractivity contribution in [2.45, 2.75) is 17.4 Å². The molecule has 27 heavy (non-hydrogen) atoms. The summed E-state index contributed by atoms with van der Waals surface area (Å²) in [5, 5.41) is 3.19. The smallest absolute Gasteiger partial charge is 0.249 e. The molecule has 3 rings (SSSR count). The number of sulfonamides is 1. The number of ether oxygens (including phenoxy) is 1. The molecule has 2 heterocycles. The monoisotopic (exact) mass is 425 g/mol. The van der Waals surface area contributed by atoms with Gasteiger partial charge in [-0.1, -0.05) is 6.07 Å². The lowest BCUT2D eigenvalue weighted by molar-refractivity contribution is -0.133. The molecule has 1 amide bonds. The summed E-state index contributed by atoms with van der Waals surface area (Å²) >= 11 is 0. The number of hydrogen-bond acceptors (Lipinski definition) is 5. The van der Waals surface area contributed by atoms with Gasteiger partial charge < -0.3 is 15.0 Å². The Kier molecular flexibility index (Phi) is 7.52. The standard InChI is InChI=1S/C16H21F2N3O4S.ClH/c17-13-2-1-3-14(18)16(13)26(23,24)21-7-5-20(6-8-21)15(22)10-12-11-25-9-4-19-12;/h1-3,12,19H,4-11H2;1H. The summed E-state index contributed by atoms with van der Waals surface area (Å²) in [5.41, 5.74) is 0. The largest absolute Gasteiger partial charge is 0.378 e. The quantitative estimate of drug-likeness (QED) is 0.764. The van der Waals surface area contributed by atoms with Crippen LogP contribution in [0.25, 0.3) is 0 Å². The highest BCUT2D eigenvalue weighted by atomic mass is 35.5. The van der Waals surface area contributed by atoms with Crippen molar-refractivity contribution in [3.63, 3.8) is 0 Å². The zero-order chi connectivity index (χ0) is 18.7. The van der Waals surface area contributed by atoms with Crippen molar-refractivity contribution in [3.05, 3.63) is 29.8 Å². The van der Waals surface area contributed by atoms with E-state index in [1.54, 1.807) is 4.90 Å². The second kappa shape index (κ2) is 9.24. The first-order valence-electron chi connectivity index (χ1n) is 8.42. The number of hydrogen-bond donors (Lipinski definition) is 1. The molecule has 7 nitrogen and oxygen atoms in total. The molecule has 0 aliphatic carbocycles. The van der Waals surface area contributed by atoms with Crippen LogP contribution < -0.4 is 5.32 Å². The summed E-state index contributed by atoms with van der Waals surface area (Å²) in [6, 6.07) is 2.89. The van der Waals surface area contributed by atoms with E-state index in [2.05, 4.69) is 5.32 Å². The van der Waals surface area contributed by atoms with Gasteiger partial charge in [-0.3, -0.25) is 4.79 Å². The van der Waals surface area contributed by atoms with Crippen molar-refractivity contribution in [1.29, 1.82) is 0 Å². The molecule has 0 bridgehead atoms. The number of nitrogens with one attached hydrogen (secondary N) is 1. The van der Waals surface area contributed by atoms with Crippen LogP contribution >= 0.6 is 12.4 Å². The lowest BCUT2D eigenvalue weighted by Crippen LogP contribution is -2.52. The zero-order valence-corrected chi connectivity index (χ0v) is 16.2. The Balaban J connectivity index is 0.00000261. The van der Waals surface area contributed by atoms with Crippen LogP contribution in [0, 0.1) is 11.6 Å². The third-order valence-corrected chi connectivity index (χ3v) is 6.48. The summed E-state index contributed by atoms with van der Waals surface area (Å²) in [7, 11) is -4.29. The minimum Gasteiger partial charge on any atom is -0.378 e. The first kappa shape index (κ1) is 22.0. The number of carbonyl (C=O) groups excluding carboxylic acids is 1. The van der Waals surface area contributed by atoms with Crippen LogP contribution in [-0.2, 0) is 19.6 Å². The van der Waals surface area contributed by atoms with Crippen LogP contribution in [-0.4, -0.2) is 75.5 Å². The van der Waals surface area contributed by atoms with Crippen LogP contribution in [0.1, 0.15) is 6.42 Å². The molecule has 1 aromatic carbocycles. The van der Waals surface area contributed by atoms with Crippen molar-refractivity contribution in [2.24, 2.45) is 0 Å². The van der Waals surface area contributed by atoms with Crippen molar-refractivity contribution < 1.29 is 26.7 Å². The Morgan fingerprint density at radius 1 is 1.19 bits per heavy atom. The molecular formula is C16H22ClF2N3O4S. The molecule has 152 valence electrons. The van der Waals surface area contributed by atoms with E-state index in [4.69, 9.17) is 4.74 Å². The van der Waals surface area contributed by atoms with Gasteiger partial charge in [-0.15, -0.1) is 12.4 Å². The molecule has 1 unspecified atom stereocenters. The molecule has 2 saturated heterocycles. The van der Waals surface area contributed by atoms with E-state index in [0.717, 1.165) is 22.5 Å². The van der Waals surface area contributed by atoms with E-state index in [-0.39, 0.29) is 57.0 Å². The van der Waals surface area contributed by atoms with Gasteiger partial charge in [0.2, 0.25) is 15.9 Å². The minimum atomic E-state index is -4.29. The number of benzene rings is 1. The van der Waals surface area contributed by atoms with Gasteiger partial charge in [-0.25, -0.2) is 17.2 Å². The highest BCUT2D eigenvalue weighted by Gasteiger charge is 2.34. The molecule has 1 N–H and O–H groups in total. The molecule has 0 spiro atoms. The Bertz CT molecular complexity index is 747. The highest BCUT2D eigenvalue weighted by molar-refractivity contribution is 7.89. The first-order chi connectivity index (χ1) is 12.4. The van der Waals surface area contributed by atoms with Crippen molar-refractivity contribution >= 4 is 28.3 Å². The maximum absolute atomic E-state index is 13.8. The fourth-order valence-electron chi connectivity index (χ4n) is 3.13. The number of halogens is 3. The van der Waals surface area contributed by atoms with E-state index < -0.39 is 26.6 Å². The number of nitrogens with zero attached hydrogens (tertiary/aromatic N) is 2. The molecule has 0 aromatic heterocycles. The normalized spacial score (nSPS) is 21.6. The summed E-state index contributed by atoms with van der Waals surface area (Å²) in [6.07, 6.45) is 0.273. The fraction of sp³-hybridized carbons (Fsp3) is 0.562. The second-order valence-corrected chi connectivity index (χ2v) is 8.14. The summed E-state index contributed by atoms with van der Waals surface area (Å²) < 4.78 is 59.1. The number of carbonyl (C=O) groups is 1. The Morgan fingerprint density at radius 3 is 2.37 bits per heavy atom. The van der Waals surface area contributed by atoms with Crippen LogP contribution in [0.15, 0.2) is 23.1 Å². The molecule has 2 aliphatic rings. The van der Waals surface area contributed by atoms with Crippen LogP contribution in [0.5, 0.6) is 0 Å². The van der Waals surface area contributed by atoms with Gasteiger partial charge >= 0.3 is 0 Å². The highest BCUT2D eigenvalue weighted by Crippen LogP contribution is 2.23. The number of rotatable bonds is 4. The second-order valence-electron chi connectivity index (χ2n) is 6.27. The van der Waals surface area contributed by atoms with Crippen molar-refractivity contribution in [3.8, 4) is 0 Å². The molecule has 1 atom stereocenters. The lowest BCUT2D eigenvalue weighted by Gasteiger charge is -2.35. The predicted molar refractivity (Wildman–Crippen MR) is 96.2 cm³/mol.